The number of halogens is 1. The van der Waals surface area contributed by atoms with Gasteiger partial charge in [0.2, 0.25) is 6.79 Å². The van der Waals surface area contributed by atoms with E-state index >= 15 is 0 Å². The van der Waals surface area contributed by atoms with Gasteiger partial charge in [0.1, 0.15) is 11.5 Å². The molecule has 0 saturated heterocycles. The maximum Gasteiger partial charge on any atom is 0.271 e. The van der Waals surface area contributed by atoms with Gasteiger partial charge < -0.3 is 13.9 Å². The normalized spacial score (nSPS) is 12.5. The van der Waals surface area contributed by atoms with Crippen LogP contribution in [0.4, 0.5) is 0 Å². The molecule has 0 radical (unpaired) electrons. The van der Waals surface area contributed by atoms with Crippen molar-refractivity contribution in [2.45, 2.75) is 0 Å². The summed E-state index contributed by atoms with van der Waals surface area (Å²) >= 11 is 5.98. The predicted molar refractivity (Wildman–Crippen MR) is 96.8 cm³/mol. The van der Waals surface area contributed by atoms with E-state index in [2.05, 4.69) is 10.5 Å². The molecule has 2 aromatic carbocycles. The van der Waals surface area contributed by atoms with Crippen LogP contribution >= 0.6 is 11.6 Å². The monoisotopic (exact) mass is 368 g/mol. The van der Waals surface area contributed by atoms with Crippen LogP contribution in [0.1, 0.15) is 16.1 Å². The Morgan fingerprint density at radius 1 is 1.08 bits per heavy atom. The van der Waals surface area contributed by atoms with Crippen molar-refractivity contribution in [3.8, 4) is 22.8 Å². The molecule has 0 atom stereocenters. The van der Waals surface area contributed by atoms with Crippen LogP contribution in [0.5, 0.6) is 11.5 Å². The summed E-state index contributed by atoms with van der Waals surface area (Å²) in [6.07, 6.45) is 1.43. The molecule has 0 bridgehead atoms. The zero-order valence-electron chi connectivity index (χ0n) is 13.4. The largest absolute Gasteiger partial charge is 0.455 e. The van der Waals surface area contributed by atoms with Gasteiger partial charge in [-0.2, -0.15) is 5.10 Å². The molecule has 0 saturated carbocycles. The zero-order valence-corrected chi connectivity index (χ0v) is 14.2. The Bertz CT molecular complexity index is 997. The number of hydrazone groups is 1. The van der Waals surface area contributed by atoms with Crippen LogP contribution in [0.2, 0.25) is 5.02 Å². The fourth-order valence-electron chi connectivity index (χ4n) is 2.48. The minimum atomic E-state index is -0.360. The third-order valence-corrected chi connectivity index (χ3v) is 3.96. The summed E-state index contributed by atoms with van der Waals surface area (Å²) in [5.74, 6) is 1.97. The summed E-state index contributed by atoms with van der Waals surface area (Å²) in [6.45, 7) is 0.159. The fourth-order valence-corrected chi connectivity index (χ4v) is 2.67. The molecule has 6 nitrogen and oxygen atoms in total. The Balaban J connectivity index is 1.42. The van der Waals surface area contributed by atoms with Crippen molar-refractivity contribution in [2.24, 2.45) is 5.10 Å². The highest BCUT2D eigenvalue weighted by molar-refractivity contribution is 6.30. The van der Waals surface area contributed by atoms with E-state index in [0.717, 1.165) is 5.56 Å². The quantitative estimate of drug-likeness (QED) is 0.556. The molecule has 0 unspecified atom stereocenters. The minimum Gasteiger partial charge on any atom is -0.455 e. The van der Waals surface area contributed by atoms with Crippen LogP contribution in [0.25, 0.3) is 11.3 Å². The second-order valence-electron chi connectivity index (χ2n) is 5.48. The lowest BCUT2D eigenvalue weighted by Crippen LogP contribution is -2.17. The number of rotatable bonds is 4. The van der Waals surface area contributed by atoms with E-state index in [9.17, 15) is 4.79 Å². The number of ether oxygens (including phenoxy) is 2. The lowest BCUT2D eigenvalue weighted by Gasteiger charge is -2.01. The SMILES string of the molecule is O=C(N/N=C/c1ccc(-c2cccc(Cl)c2)o1)c1ccc2c(c1)OCO2. The molecule has 3 aromatic rings. The van der Waals surface area contributed by atoms with Crippen LogP contribution in [-0.2, 0) is 0 Å². The topological polar surface area (TPSA) is 73.1 Å². The highest BCUT2D eigenvalue weighted by Crippen LogP contribution is 2.32. The first-order valence-corrected chi connectivity index (χ1v) is 8.16. The van der Waals surface area contributed by atoms with E-state index in [1.807, 2.05) is 24.3 Å². The Kier molecular flexibility index (Phi) is 4.33. The lowest BCUT2D eigenvalue weighted by molar-refractivity contribution is 0.0954. The molecule has 1 aliphatic heterocycles. The first-order chi connectivity index (χ1) is 12.7. The minimum absolute atomic E-state index is 0.159. The molecule has 7 heteroatoms. The molecule has 4 rings (SSSR count). The van der Waals surface area contributed by atoms with E-state index in [-0.39, 0.29) is 12.7 Å². The van der Waals surface area contributed by atoms with Gasteiger partial charge in [-0.1, -0.05) is 23.7 Å². The average Bonchev–Trinajstić information content (AvgIpc) is 3.30. The smallest absolute Gasteiger partial charge is 0.271 e. The first kappa shape index (κ1) is 16.2. The number of benzene rings is 2. The van der Waals surface area contributed by atoms with Crippen molar-refractivity contribution in [1.29, 1.82) is 0 Å². The van der Waals surface area contributed by atoms with Crippen LogP contribution in [0.15, 0.2) is 64.1 Å². The highest BCUT2D eigenvalue weighted by Gasteiger charge is 2.15. The summed E-state index contributed by atoms with van der Waals surface area (Å²) in [6, 6.07) is 15.8. The average molecular weight is 369 g/mol. The maximum absolute atomic E-state index is 12.1. The molecule has 0 spiro atoms. The number of hydrogen-bond acceptors (Lipinski definition) is 5. The Hall–Kier alpha value is -3.25. The Labute approximate surface area is 154 Å². The van der Waals surface area contributed by atoms with E-state index in [1.165, 1.54) is 6.21 Å². The molecular formula is C19H13ClN2O4. The van der Waals surface area contributed by atoms with Crippen molar-refractivity contribution in [2.75, 3.05) is 6.79 Å². The molecular weight excluding hydrogens is 356 g/mol. The maximum atomic E-state index is 12.1. The molecule has 26 heavy (non-hydrogen) atoms. The van der Waals surface area contributed by atoms with E-state index in [0.29, 0.717) is 33.6 Å². The van der Waals surface area contributed by atoms with Crippen molar-refractivity contribution in [1.82, 2.24) is 5.43 Å². The number of furan rings is 1. The third-order valence-electron chi connectivity index (χ3n) is 3.73. The number of nitrogens with zero attached hydrogens (tertiary/aromatic N) is 1. The molecule has 1 amide bonds. The van der Waals surface area contributed by atoms with Crippen molar-refractivity contribution >= 4 is 23.7 Å². The summed E-state index contributed by atoms with van der Waals surface area (Å²) in [4.78, 5) is 12.1. The zero-order chi connectivity index (χ0) is 17.9. The van der Waals surface area contributed by atoms with Crippen LogP contribution < -0.4 is 14.9 Å². The van der Waals surface area contributed by atoms with E-state index in [1.54, 1.807) is 30.3 Å². The molecule has 0 aliphatic carbocycles. The van der Waals surface area contributed by atoms with Crippen LogP contribution in [0, 0.1) is 0 Å². The van der Waals surface area contributed by atoms with Gasteiger partial charge in [-0.15, -0.1) is 0 Å². The number of amides is 1. The van der Waals surface area contributed by atoms with E-state index < -0.39 is 0 Å². The second-order valence-corrected chi connectivity index (χ2v) is 5.92. The van der Waals surface area contributed by atoms with Gasteiger partial charge in [-0.3, -0.25) is 4.79 Å². The molecule has 2 heterocycles. The summed E-state index contributed by atoms with van der Waals surface area (Å²) in [5, 5.41) is 4.55. The van der Waals surface area contributed by atoms with Gasteiger partial charge in [-0.25, -0.2) is 5.43 Å². The number of nitrogens with one attached hydrogen (secondary N) is 1. The third kappa shape index (κ3) is 3.41. The van der Waals surface area contributed by atoms with Gasteiger partial charge >= 0.3 is 0 Å². The number of hydrogen-bond donors (Lipinski definition) is 1. The van der Waals surface area contributed by atoms with Gasteiger partial charge in [0.15, 0.2) is 11.5 Å². The summed E-state index contributed by atoms with van der Waals surface area (Å²) < 4.78 is 16.1. The Morgan fingerprint density at radius 2 is 1.96 bits per heavy atom. The predicted octanol–water partition coefficient (Wildman–Crippen LogP) is 4.09. The van der Waals surface area contributed by atoms with Crippen LogP contribution in [0.3, 0.4) is 0 Å². The van der Waals surface area contributed by atoms with Gasteiger partial charge in [-0.05, 0) is 42.5 Å². The molecule has 1 aromatic heterocycles. The Morgan fingerprint density at radius 3 is 2.85 bits per heavy atom. The second kappa shape index (κ2) is 6.93. The van der Waals surface area contributed by atoms with Gasteiger partial charge in [0, 0.05) is 16.1 Å². The number of fused-ring (bicyclic) bond motifs is 1. The molecule has 1 N–H and O–H groups in total. The molecule has 1 aliphatic rings. The standard InChI is InChI=1S/C19H13ClN2O4/c20-14-3-1-2-12(8-14)16-7-5-15(26-16)10-21-22-19(23)13-4-6-17-18(9-13)25-11-24-17/h1-10H,11H2,(H,22,23)/b21-10+. The fraction of sp³-hybridized carbons (Fsp3) is 0.0526. The highest BCUT2D eigenvalue weighted by atomic mass is 35.5. The number of carbonyl (C=O) groups excluding carboxylic acids is 1. The van der Waals surface area contributed by atoms with Gasteiger partial charge in [0.05, 0.1) is 6.21 Å². The van der Waals surface area contributed by atoms with E-state index in [4.69, 9.17) is 25.5 Å². The summed E-state index contributed by atoms with van der Waals surface area (Å²) in [5.41, 5.74) is 3.73. The first-order valence-electron chi connectivity index (χ1n) is 7.78. The van der Waals surface area contributed by atoms with Gasteiger partial charge in [0.25, 0.3) is 5.91 Å². The molecule has 130 valence electrons. The van der Waals surface area contributed by atoms with Crippen molar-refractivity contribution in [3.05, 3.63) is 70.9 Å². The van der Waals surface area contributed by atoms with Crippen molar-refractivity contribution in [3.63, 3.8) is 0 Å². The number of carbonyl (C=O) groups is 1. The summed E-state index contributed by atoms with van der Waals surface area (Å²) in [7, 11) is 0. The van der Waals surface area contributed by atoms with Crippen LogP contribution in [-0.4, -0.2) is 18.9 Å². The van der Waals surface area contributed by atoms with Crippen molar-refractivity contribution < 1.29 is 18.7 Å². The molecule has 0 fully saturated rings. The lowest BCUT2D eigenvalue weighted by atomic mass is 10.2.